The van der Waals surface area contributed by atoms with E-state index in [2.05, 4.69) is 10.6 Å². The Kier molecular flexibility index (Phi) is 20.4. The standard InChI is InChI=1S/C22H23ClFN3O5.C21H21ClFN3O5.C14H17IN2O4.3CH4/c1-4-22-8-13(28)16-14(20(30)25-9-11-6-5-7-12(23)15(11)24)18(29)19(32-3)17(27(16)22)21(31)26(2)10-22;1-3-21-7-12(27)15-13(19(30)24-8-10-5-4-6-11(22)14(10)23)17(28)18(29)16(26(15)21)20(31)25(2)9-21;1-4-14-5-7(18)9-8(15)11(19)12(21-3)10(17(9)14)13(20)16(2)6-14;;;/h5-7,13,28H,4,8-10H2,1-3H3,(H,25,30);4-6,12,27,29H,3,7-9H2,1-2H3,(H,24,30);7,18H,4-6H2,1-3H3;3*1H4. The molecule has 9 heterocycles. The zero-order valence-corrected chi connectivity index (χ0v) is 50.6. The van der Waals surface area contributed by atoms with Crippen LogP contribution in [0.5, 0.6) is 17.2 Å². The number of ether oxygens (including phenoxy) is 2. The topological polar surface area (TPSA) is 285 Å². The Morgan fingerprint density at radius 2 is 0.920 bits per heavy atom. The number of aromatic hydroxyl groups is 1. The Balaban J connectivity index is 0.000000209. The predicted molar refractivity (Wildman–Crippen MR) is 329 cm³/mol. The van der Waals surface area contributed by atoms with Gasteiger partial charge in [-0.25, -0.2) is 8.78 Å². The van der Waals surface area contributed by atoms with Gasteiger partial charge in [-0.3, -0.25) is 38.4 Å². The van der Waals surface area contributed by atoms with Crippen LogP contribution in [0.2, 0.25) is 10.0 Å². The molecule has 6 aliphatic rings. The van der Waals surface area contributed by atoms with Crippen molar-refractivity contribution in [3.63, 3.8) is 0 Å². The van der Waals surface area contributed by atoms with Crippen LogP contribution in [-0.4, -0.2) is 133 Å². The van der Waals surface area contributed by atoms with E-state index in [1.165, 1.54) is 58.9 Å². The van der Waals surface area contributed by atoms with Crippen molar-refractivity contribution in [1.82, 2.24) is 39.0 Å². The highest BCUT2D eigenvalue weighted by Crippen LogP contribution is 2.50. The highest BCUT2D eigenvalue weighted by Gasteiger charge is 2.55. The van der Waals surface area contributed by atoms with Crippen LogP contribution >= 0.6 is 45.8 Å². The summed E-state index contributed by atoms with van der Waals surface area (Å²) in [6, 6.07) is 8.72. The van der Waals surface area contributed by atoms with Crippen LogP contribution in [0.25, 0.3) is 0 Å². The number of pyridine rings is 3. The number of aromatic nitrogens is 3. The summed E-state index contributed by atoms with van der Waals surface area (Å²) < 4.78 is 44.2. The van der Waals surface area contributed by atoms with E-state index in [4.69, 9.17) is 32.7 Å². The minimum atomic E-state index is -1.19. The smallest absolute Gasteiger partial charge is 0.274 e. The van der Waals surface area contributed by atoms with Crippen LogP contribution in [0.4, 0.5) is 8.78 Å². The lowest BCUT2D eigenvalue weighted by molar-refractivity contribution is 0.0564. The molecule has 27 heteroatoms. The highest BCUT2D eigenvalue weighted by atomic mass is 127. The number of rotatable bonds is 11. The van der Waals surface area contributed by atoms with Gasteiger partial charge < -0.3 is 68.9 Å². The molecule has 0 saturated carbocycles. The van der Waals surface area contributed by atoms with E-state index in [9.17, 15) is 67.6 Å². The van der Waals surface area contributed by atoms with Gasteiger partial charge in [0.2, 0.25) is 16.3 Å². The van der Waals surface area contributed by atoms with Gasteiger partial charge >= 0.3 is 0 Å². The molecule has 3 aromatic heterocycles. The molecule has 0 bridgehead atoms. The summed E-state index contributed by atoms with van der Waals surface area (Å²) in [6.07, 6.45) is -0.287. The monoisotopic (exact) mass is 1360 g/mol. The minimum absolute atomic E-state index is 0. The van der Waals surface area contributed by atoms with E-state index in [0.717, 1.165) is 6.42 Å². The Morgan fingerprint density at radius 3 is 1.30 bits per heavy atom. The van der Waals surface area contributed by atoms with Gasteiger partial charge in [0.05, 0.1) is 79.8 Å². The second-order valence-electron chi connectivity index (χ2n) is 21.8. The van der Waals surface area contributed by atoms with Crippen molar-refractivity contribution in [2.24, 2.45) is 0 Å². The summed E-state index contributed by atoms with van der Waals surface area (Å²) in [7, 11) is 7.55. The molecule has 11 rings (SSSR count). The third kappa shape index (κ3) is 10.9. The second-order valence-corrected chi connectivity index (χ2v) is 23.7. The second kappa shape index (κ2) is 25.7. The Bertz CT molecular complexity index is 3840. The van der Waals surface area contributed by atoms with Gasteiger partial charge in [-0.1, -0.05) is 90.5 Å². The molecular formula is C60H73Cl2F2IN8O14. The lowest BCUT2D eigenvalue weighted by Gasteiger charge is -2.41. The maximum atomic E-state index is 14.2. The quantitative estimate of drug-likeness (QED) is 0.0719. The van der Waals surface area contributed by atoms with Gasteiger partial charge in [0.15, 0.2) is 34.3 Å². The number of aliphatic hydroxyl groups is 3. The lowest BCUT2D eigenvalue weighted by Crippen LogP contribution is -2.52. The summed E-state index contributed by atoms with van der Waals surface area (Å²) in [5, 5.41) is 47.5. The molecular weight excluding hydrogens is 1290 g/mol. The summed E-state index contributed by atoms with van der Waals surface area (Å²) in [5.74, 6) is -5.30. The SMILES string of the molecule is C.C.C.CCC12CC(O)c3c(C(=O)NCc4cccc(Cl)c4F)c(=O)c(O)c(n31)C(=O)N(C)C2.CCC12CC(O)c3c(C(=O)NCc4cccc(Cl)c4F)c(=O)c(OC)c(n31)C(=O)N(C)C2.CCC12CC(O)c3c(I)c(=O)c(OC)c(n31)C(=O)N(C)C2. The van der Waals surface area contributed by atoms with Crippen LogP contribution in [0, 0.1) is 15.2 Å². The molecule has 87 heavy (non-hydrogen) atoms. The van der Waals surface area contributed by atoms with Crippen LogP contribution in [-0.2, 0) is 29.7 Å². The van der Waals surface area contributed by atoms with E-state index in [1.807, 2.05) is 47.9 Å². The van der Waals surface area contributed by atoms with E-state index < -0.39 is 86.8 Å². The number of aliphatic hydroxyl groups excluding tert-OH is 3. The molecule has 6 N–H and O–H groups in total. The summed E-state index contributed by atoms with van der Waals surface area (Å²) in [4.78, 5) is 107. The number of nitrogens with one attached hydrogen (secondary N) is 2. The number of carbonyl (C=O) groups excluding carboxylic acids is 5. The number of hydrogen-bond donors (Lipinski definition) is 6. The molecule has 6 unspecified atom stereocenters. The normalized spacial score (nSPS) is 22.2. The Labute approximate surface area is 524 Å². The summed E-state index contributed by atoms with van der Waals surface area (Å²) in [6.45, 7) is 6.45. The van der Waals surface area contributed by atoms with Crippen LogP contribution < -0.4 is 36.4 Å². The molecule has 0 radical (unpaired) electrons. The molecule has 0 spiro atoms. The van der Waals surface area contributed by atoms with Crippen molar-refractivity contribution in [2.45, 2.75) is 130 Å². The first-order chi connectivity index (χ1) is 39.7. The first-order valence-corrected chi connectivity index (χ1v) is 28.7. The molecule has 2 aromatic carbocycles. The Morgan fingerprint density at radius 1 is 0.586 bits per heavy atom. The number of benzene rings is 2. The van der Waals surface area contributed by atoms with Crippen LogP contribution in [0.1, 0.15) is 180 Å². The number of hydrogen-bond acceptors (Lipinski definition) is 14. The average molecular weight is 1370 g/mol. The molecule has 6 aliphatic heterocycles. The third-order valence-electron chi connectivity index (χ3n) is 17.2. The first kappa shape index (κ1) is 69.2. The highest BCUT2D eigenvalue weighted by molar-refractivity contribution is 14.1. The molecule has 0 aliphatic carbocycles. The number of halogens is 5. The maximum Gasteiger partial charge on any atom is 0.274 e. The van der Waals surface area contributed by atoms with Crippen molar-refractivity contribution in [1.29, 1.82) is 0 Å². The van der Waals surface area contributed by atoms with E-state index in [0.29, 0.717) is 41.6 Å². The van der Waals surface area contributed by atoms with Crippen LogP contribution in [0.15, 0.2) is 50.8 Å². The zero-order valence-electron chi connectivity index (χ0n) is 46.9. The molecule has 0 fully saturated rings. The fourth-order valence-electron chi connectivity index (χ4n) is 13.1. The summed E-state index contributed by atoms with van der Waals surface area (Å²) in [5.41, 5.74) is -3.80. The molecule has 5 aromatic rings. The molecule has 6 atom stereocenters. The number of likely N-dealkylation sites (N-methyl/N-ethyl adjacent to an activating group) is 3. The molecule has 22 nitrogen and oxygen atoms in total. The fourth-order valence-corrected chi connectivity index (χ4v) is 14.3. The van der Waals surface area contributed by atoms with Gasteiger partial charge in [-0.2, -0.15) is 0 Å². The zero-order chi connectivity index (χ0) is 61.6. The van der Waals surface area contributed by atoms with Crippen molar-refractivity contribution < 1.29 is 62.7 Å². The summed E-state index contributed by atoms with van der Waals surface area (Å²) >= 11 is 13.5. The van der Waals surface area contributed by atoms with Crippen LogP contribution in [0.3, 0.4) is 0 Å². The van der Waals surface area contributed by atoms with Crippen molar-refractivity contribution in [3.05, 3.63) is 149 Å². The molecule has 472 valence electrons. The van der Waals surface area contributed by atoms with Gasteiger partial charge in [0.25, 0.3) is 29.5 Å². The van der Waals surface area contributed by atoms with E-state index in [-0.39, 0.29) is 138 Å². The number of methoxy groups -OCH3 is 2. The number of nitrogens with zero attached hydrogens (tertiary/aromatic N) is 6. The van der Waals surface area contributed by atoms with Gasteiger partial charge in [0.1, 0.15) is 22.8 Å². The fraction of sp³-hybridized carbons (Fsp3) is 0.467. The first-order valence-electron chi connectivity index (χ1n) is 26.8. The van der Waals surface area contributed by atoms with E-state index >= 15 is 0 Å². The number of amides is 5. The van der Waals surface area contributed by atoms with Gasteiger partial charge in [-0.05, 0) is 54.0 Å². The van der Waals surface area contributed by atoms with E-state index in [1.54, 1.807) is 36.7 Å². The Hall–Kier alpha value is -6.91. The number of carbonyl (C=O) groups is 5. The minimum Gasteiger partial charge on any atom is -0.503 e. The average Bonchev–Trinajstić information content (AvgIpc) is 1.64. The van der Waals surface area contributed by atoms with Gasteiger partial charge in [0, 0.05) is 84.3 Å². The molecule has 0 saturated heterocycles. The largest absolute Gasteiger partial charge is 0.503 e. The van der Waals surface area contributed by atoms with Crippen molar-refractivity contribution in [2.75, 3.05) is 55.0 Å². The lowest BCUT2D eigenvalue weighted by atomic mass is 9.89. The molecule has 5 amide bonds. The predicted octanol–water partition coefficient (Wildman–Crippen LogP) is 7.11. The van der Waals surface area contributed by atoms with Crippen molar-refractivity contribution in [3.8, 4) is 17.2 Å². The van der Waals surface area contributed by atoms with Gasteiger partial charge in [-0.15, -0.1) is 0 Å². The third-order valence-corrected chi connectivity index (χ3v) is 18.8. The maximum absolute atomic E-state index is 14.2. The van der Waals surface area contributed by atoms with Crippen molar-refractivity contribution >= 4 is 75.3 Å².